The Bertz CT molecular complexity index is 589. The molecular weight excluding hydrogens is 240 g/mol. The van der Waals surface area contributed by atoms with E-state index in [2.05, 4.69) is 9.55 Å². The number of hydrogen-bond acceptors (Lipinski definition) is 3. The molecule has 0 saturated heterocycles. The number of carbonyl (C=O) groups excluding carboxylic acids is 1. The van der Waals surface area contributed by atoms with Crippen molar-refractivity contribution in [3.63, 3.8) is 0 Å². The predicted molar refractivity (Wildman–Crippen MR) is 71.5 cm³/mol. The summed E-state index contributed by atoms with van der Waals surface area (Å²) in [5, 5.41) is 0. The minimum atomic E-state index is -0.124. The lowest BCUT2D eigenvalue weighted by Gasteiger charge is -2.21. The largest absolute Gasteiger partial charge is 0.469 e. The number of ether oxygens (including phenoxy) is 1. The molecule has 4 heteroatoms. The fraction of sp³-hybridized carbons (Fsp3) is 0.333. The summed E-state index contributed by atoms with van der Waals surface area (Å²) in [6, 6.07) is 10.1. The molecule has 2 aromatic rings. The molecular formula is C15H16N2O2. The van der Waals surface area contributed by atoms with Gasteiger partial charge in [-0.1, -0.05) is 30.3 Å². The zero-order valence-corrected chi connectivity index (χ0v) is 10.9. The Morgan fingerprint density at radius 2 is 2.16 bits per heavy atom. The van der Waals surface area contributed by atoms with Crippen LogP contribution in [0.4, 0.5) is 0 Å². The van der Waals surface area contributed by atoms with E-state index in [1.807, 2.05) is 36.5 Å². The van der Waals surface area contributed by atoms with Crippen molar-refractivity contribution in [2.45, 2.75) is 19.4 Å². The zero-order valence-electron chi connectivity index (χ0n) is 10.9. The Morgan fingerprint density at radius 3 is 2.89 bits per heavy atom. The number of esters is 1. The van der Waals surface area contributed by atoms with Crippen LogP contribution in [0.1, 0.15) is 12.2 Å². The van der Waals surface area contributed by atoms with Crippen molar-refractivity contribution in [1.82, 2.24) is 9.55 Å². The number of hydrogen-bond donors (Lipinski definition) is 0. The number of fused-ring (bicyclic) bond motifs is 1. The summed E-state index contributed by atoms with van der Waals surface area (Å²) >= 11 is 0. The first kappa shape index (κ1) is 12.0. The molecule has 0 bridgehead atoms. The molecule has 1 aromatic carbocycles. The first-order chi connectivity index (χ1) is 9.28. The third-order valence-electron chi connectivity index (χ3n) is 3.60. The van der Waals surface area contributed by atoms with Gasteiger partial charge in [0.25, 0.3) is 0 Å². The molecule has 1 aliphatic heterocycles. The second-order valence-electron chi connectivity index (χ2n) is 4.82. The molecule has 0 fully saturated rings. The van der Waals surface area contributed by atoms with E-state index < -0.39 is 0 Å². The maximum absolute atomic E-state index is 11.6. The second kappa shape index (κ2) is 4.88. The summed E-state index contributed by atoms with van der Waals surface area (Å²) in [6.07, 6.45) is 3.67. The Hall–Kier alpha value is -2.10. The number of imidazole rings is 1. The van der Waals surface area contributed by atoms with Gasteiger partial charge in [0.05, 0.1) is 18.7 Å². The van der Waals surface area contributed by atoms with Gasteiger partial charge < -0.3 is 9.30 Å². The topological polar surface area (TPSA) is 44.1 Å². The third-order valence-corrected chi connectivity index (χ3v) is 3.60. The molecule has 0 N–H and O–H groups in total. The Morgan fingerprint density at radius 1 is 1.37 bits per heavy atom. The molecule has 19 heavy (non-hydrogen) atoms. The van der Waals surface area contributed by atoms with Crippen LogP contribution in [0.25, 0.3) is 11.3 Å². The summed E-state index contributed by atoms with van der Waals surface area (Å²) in [5.41, 5.74) is 2.08. The smallest absolute Gasteiger partial charge is 0.310 e. The number of nitrogens with zero attached hydrogens (tertiary/aromatic N) is 2. The number of carbonyl (C=O) groups is 1. The van der Waals surface area contributed by atoms with Crippen molar-refractivity contribution in [2.24, 2.45) is 5.92 Å². The molecule has 4 nitrogen and oxygen atoms in total. The van der Waals surface area contributed by atoms with Crippen molar-refractivity contribution in [3.05, 3.63) is 42.4 Å². The van der Waals surface area contributed by atoms with Gasteiger partial charge >= 0.3 is 5.97 Å². The van der Waals surface area contributed by atoms with Gasteiger partial charge in [-0.3, -0.25) is 4.79 Å². The van der Waals surface area contributed by atoms with Crippen molar-refractivity contribution in [2.75, 3.05) is 7.11 Å². The molecule has 1 aromatic heterocycles. The maximum Gasteiger partial charge on any atom is 0.310 e. The molecule has 0 amide bonds. The molecule has 3 rings (SSSR count). The normalized spacial score (nSPS) is 17.8. The molecule has 1 atom stereocenters. The van der Waals surface area contributed by atoms with Gasteiger partial charge in [0.1, 0.15) is 5.82 Å². The number of methoxy groups -OCH3 is 1. The number of benzene rings is 1. The highest BCUT2D eigenvalue weighted by Crippen LogP contribution is 2.25. The maximum atomic E-state index is 11.6. The predicted octanol–water partition coefficient (Wildman–Crippen LogP) is 2.29. The molecule has 98 valence electrons. The van der Waals surface area contributed by atoms with Crippen molar-refractivity contribution < 1.29 is 9.53 Å². The quantitative estimate of drug-likeness (QED) is 0.774. The number of rotatable bonds is 2. The highest BCUT2D eigenvalue weighted by molar-refractivity contribution is 5.72. The Balaban J connectivity index is 1.87. The van der Waals surface area contributed by atoms with Gasteiger partial charge in [-0.25, -0.2) is 4.98 Å². The highest BCUT2D eigenvalue weighted by Gasteiger charge is 2.26. The van der Waals surface area contributed by atoms with Gasteiger partial charge in [0.15, 0.2) is 0 Å². The van der Waals surface area contributed by atoms with E-state index in [1.54, 1.807) is 0 Å². The van der Waals surface area contributed by atoms with E-state index in [9.17, 15) is 4.79 Å². The standard InChI is InChI=1S/C15H16N2O2/c1-19-15(18)12-7-8-14-16-13(10-17(14)9-12)11-5-3-2-4-6-11/h2-6,10,12H,7-9H2,1H3. The average Bonchev–Trinajstić information content (AvgIpc) is 2.90. The first-order valence-corrected chi connectivity index (χ1v) is 6.47. The van der Waals surface area contributed by atoms with Crippen LogP contribution in [0.5, 0.6) is 0 Å². The monoisotopic (exact) mass is 256 g/mol. The molecule has 1 unspecified atom stereocenters. The lowest BCUT2D eigenvalue weighted by atomic mass is 10.00. The van der Waals surface area contributed by atoms with Crippen LogP contribution >= 0.6 is 0 Å². The van der Waals surface area contributed by atoms with Gasteiger partial charge in [-0.2, -0.15) is 0 Å². The Kier molecular flexibility index (Phi) is 3.07. The van der Waals surface area contributed by atoms with E-state index in [1.165, 1.54) is 7.11 Å². The van der Waals surface area contributed by atoms with E-state index in [0.717, 1.165) is 29.9 Å². The molecule has 0 radical (unpaired) electrons. The molecule has 2 heterocycles. The van der Waals surface area contributed by atoms with Crippen molar-refractivity contribution in [3.8, 4) is 11.3 Å². The summed E-state index contributed by atoms with van der Waals surface area (Å²) in [4.78, 5) is 16.2. The van der Waals surface area contributed by atoms with Crippen molar-refractivity contribution in [1.29, 1.82) is 0 Å². The van der Waals surface area contributed by atoms with Crippen LogP contribution in [0.2, 0.25) is 0 Å². The molecule has 0 spiro atoms. The zero-order chi connectivity index (χ0) is 13.2. The van der Waals surface area contributed by atoms with Crippen molar-refractivity contribution >= 4 is 5.97 Å². The van der Waals surface area contributed by atoms with Crippen LogP contribution in [0.3, 0.4) is 0 Å². The van der Waals surface area contributed by atoms with E-state index in [-0.39, 0.29) is 11.9 Å². The SMILES string of the molecule is COC(=O)C1CCc2nc(-c3ccccc3)cn2C1. The van der Waals surface area contributed by atoms with E-state index in [0.29, 0.717) is 6.54 Å². The summed E-state index contributed by atoms with van der Waals surface area (Å²) in [6.45, 7) is 0.668. The summed E-state index contributed by atoms with van der Waals surface area (Å²) < 4.78 is 6.90. The second-order valence-corrected chi connectivity index (χ2v) is 4.82. The van der Waals surface area contributed by atoms with Gasteiger partial charge in [0.2, 0.25) is 0 Å². The van der Waals surface area contributed by atoms with E-state index >= 15 is 0 Å². The van der Waals surface area contributed by atoms with Crippen LogP contribution in [0, 0.1) is 5.92 Å². The third kappa shape index (κ3) is 2.26. The van der Waals surface area contributed by atoms with Crippen LogP contribution in [-0.2, 0) is 22.5 Å². The fourth-order valence-electron chi connectivity index (χ4n) is 2.55. The van der Waals surface area contributed by atoms with Crippen LogP contribution in [-0.4, -0.2) is 22.6 Å². The first-order valence-electron chi connectivity index (χ1n) is 6.47. The van der Waals surface area contributed by atoms with Gasteiger partial charge in [0, 0.05) is 24.7 Å². The Labute approximate surface area is 112 Å². The molecule has 1 aliphatic rings. The summed E-state index contributed by atoms with van der Waals surface area (Å²) in [7, 11) is 1.45. The minimum absolute atomic E-state index is 0.0460. The minimum Gasteiger partial charge on any atom is -0.469 e. The fourth-order valence-corrected chi connectivity index (χ4v) is 2.55. The van der Waals surface area contributed by atoms with Crippen LogP contribution < -0.4 is 0 Å². The molecule has 0 saturated carbocycles. The summed E-state index contributed by atoms with van der Waals surface area (Å²) in [5.74, 6) is 0.884. The van der Waals surface area contributed by atoms with Gasteiger partial charge in [-0.05, 0) is 6.42 Å². The highest BCUT2D eigenvalue weighted by atomic mass is 16.5. The molecule has 0 aliphatic carbocycles. The lowest BCUT2D eigenvalue weighted by molar-refractivity contribution is -0.146. The average molecular weight is 256 g/mol. The van der Waals surface area contributed by atoms with Gasteiger partial charge in [-0.15, -0.1) is 0 Å². The number of aryl methyl sites for hydroxylation is 1. The van der Waals surface area contributed by atoms with E-state index in [4.69, 9.17) is 4.74 Å². The number of aromatic nitrogens is 2. The van der Waals surface area contributed by atoms with Crippen LogP contribution in [0.15, 0.2) is 36.5 Å². The lowest BCUT2D eigenvalue weighted by Crippen LogP contribution is -2.27.